The van der Waals surface area contributed by atoms with Crippen molar-refractivity contribution in [1.82, 2.24) is 10.3 Å². The molecule has 1 saturated heterocycles. The molecule has 1 saturated carbocycles. The fourth-order valence-corrected chi connectivity index (χ4v) is 3.61. The molecule has 1 atom stereocenters. The molecular weight excluding hydrogens is 322 g/mol. The highest BCUT2D eigenvalue weighted by atomic mass is 16.4. The second-order valence-electron chi connectivity index (χ2n) is 6.85. The maximum atomic E-state index is 11.7. The van der Waals surface area contributed by atoms with E-state index in [-0.39, 0.29) is 12.4 Å². The predicted molar refractivity (Wildman–Crippen MR) is 95.6 cm³/mol. The van der Waals surface area contributed by atoms with E-state index in [4.69, 9.17) is 10.8 Å². The van der Waals surface area contributed by atoms with Gasteiger partial charge in [0.15, 0.2) is 0 Å². The van der Waals surface area contributed by atoms with Crippen LogP contribution in [0, 0.1) is 11.8 Å². The number of pyridine rings is 1. The van der Waals surface area contributed by atoms with Crippen LogP contribution in [0.15, 0.2) is 12.1 Å². The van der Waals surface area contributed by atoms with Crippen molar-refractivity contribution in [2.24, 2.45) is 11.8 Å². The van der Waals surface area contributed by atoms with Gasteiger partial charge in [-0.2, -0.15) is 0 Å². The highest BCUT2D eigenvalue weighted by Gasteiger charge is 2.31. The van der Waals surface area contributed by atoms with Crippen LogP contribution in [0.1, 0.15) is 32.1 Å². The lowest BCUT2D eigenvalue weighted by Gasteiger charge is -2.41. The summed E-state index contributed by atoms with van der Waals surface area (Å²) < 4.78 is 0. The number of carboxylic acid groups (broad SMARTS) is 1. The monoisotopic (exact) mass is 347 g/mol. The molecular formula is C17H25N5O3. The van der Waals surface area contributed by atoms with Crippen molar-refractivity contribution < 1.29 is 14.7 Å². The zero-order valence-corrected chi connectivity index (χ0v) is 14.2. The van der Waals surface area contributed by atoms with E-state index in [0.717, 1.165) is 30.7 Å². The summed E-state index contributed by atoms with van der Waals surface area (Å²) in [6.07, 6.45) is 5.27. The number of hydrogen-bond acceptors (Lipinski definition) is 5. The standard InChI is InChI=1S/C17H25N5O3/c18-16-13(20-15(23)9-19-17(24)25)6-7-14(21-16)22-8-2-5-12(10-22)11-3-1-4-11/h6-7,11-12,19H,1-5,8-10H2,(H2,18,21)(H,20,23)(H,24,25). The third kappa shape index (κ3) is 4.32. The van der Waals surface area contributed by atoms with Gasteiger partial charge in [-0.25, -0.2) is 9.78 Å². The maximum Gasteiger partial charge on any atom is 0.405 e. The second kappa shape index (κ2) is 7.58. The van der Waals surface area contributed by atoms with Crippen molar-refractivity contribution in [3.8, 4) is 0 Å². The third-order valence-electron chi connectivity index (χ3n) is 5.18. The van der Waals surface area contributed by atoms with Crippen molar-refractivity contribution >= 4 is 29.3 Å². The van der Waals surface area contributed by atoms with E-state index in [1.165, 1.54) is 32.1 Å². The van der Waals surface area contributed by atoms with Crippen LogP contribution in [0.2, 0.25) is 0 Å². The summed E-state index contributed by atoms with van der Waals surface area (Å²) in [6, 6.07) is 3.59. The van der Waals surface area contributed by atoms with Crippen molar-refractivity contribution in [2.45, 2.75) is 32.1 Å². The molecule has 1 unspecified atom stereocenters. The summed E-state index contributed by atoms with van der Waals surface area (Å²) in [7, 11) is 0. The minimum atomic E-state index is -1.25. The van der Waals surface area contributed by atoms with Crippen LogP contribution in [-0.2, 0) is 4.79 Å². The molecule has 0 radical (unpaired) electrons. The number of piperidine rings is 1. The van der Waals surface area contributed by atoms with E-state index in [9.17, 15) is 9.59 Å². The molecule has 3 rings (SSSR count). The Balaban J connectivity index is 1.60. The number of rotatable bonds is 5. The van der Waals surface area contributed by atoms with Crippen LogP contribution in [0.4, 0.5) is 22.1 Å². The van der Waals surface area contributed by atoms with Crippen LogP contribution in [0.5, 0.6) is 0 Å². The molecule has 1 aliphatic carbocycles. The minimum Gasteiger partial charge on any atom is -0.465 e. The number of nitrogens with two attached hydrogens (primary N) is 1. The molecule has 0 spiro atoms. The molecule has 1 aromatic rings. The first kappa shape index (κ1) is 17.3. The average Bonchev–Trinajstić information content (AvgIpc) is 2.53. The number of aromatic nitrogens is 1. The summed E-state index contributed by atoms with van der Waals surface area (Å²) in [5, 5.41) is 13.1. The third-order valence-corrected chi connectivity index (χ3v) is 5.18. The van der Waals surface area contributed by atoms with E-state index >= 15 is 0 Å². The van der Waals surface area contributed by atoms with Crippen molar-refractivity contribution in [1.29, 1.82) is 0 Å². The number of anilines is 3. The second-order valence-corrected chi connectivity index (χ2v) is 6.85. The molecule has 1 aliphatic heterocycles. The summed E-state index contributed by atoms with van der Waals surface area (Å²) >= 11 is 0. The van der Waals surface area contributed by atoms with Gasteiger partial charge < -0.3 is 26.4 Å². The predicted octanol–water partition coefficient (Wildman–Crippen LogP) is 1.89. The summed E-state index contributed by atoms with van der Waals surface area (Å²) in [5.41, 5.74) is 6.37. The van der Waals surface area contributed by atoms with Crippen molar-refractivity contribution in [2.75, 3.05) is 35.6 Å². The largest absolute Gasteiger partial charge is 0.465 e. The zero-order valence-electron chi connectivity index (χ0n) is 14.2. The first-order valence-electron chi connectivity index (χ1n) is 8.81. The van der Waals surface area contributed by atoms with E-state index < -0.39 is 12.0 Å². The zero-order chi connectivity index (χ0) is 17.8. The molecule has 0 bridgehead atoms. The molecule has 2 amide bonds. The molecule has 8 heteroatoms. The number of carbonyl (C=O) groups is 2. The smallest absolute Gasteiger partial charge is 0.405 e. The molecule has 136 valence electrons. The Morgan fingerprint density at radius 1 is 1.24 bits per heavy atom. The fourth-order valence-electron chi connectivity index (χ4n) is 3.61. The number of nitrogen functional groups attached to an aromatic ring is 1. The Morgan fingerprint density at radius 3 is 2.64 bits per heavy atom. The van der Waals surface area contributed by atoms with E-state index in [1.807, 2.05) is 11.4 Å². The van der Waals surface area contributed by atoms with Crippen LogP contribution in [0.3, 0.4) is 0 Å². The van der Waals surface area contributed by atoms with Gasteiger partial charge in [0, 0.05) is 13.1 Å². The van der Waals surface area contributed by atoms with E-state index in [2.05, 4.69) is 15.2 Å². The summed E-state index contributed by atoms with van der Waals surface area (Å²) in [4.78, 5) is 28.8. The Labute approximate surface area is 146 Å². The average molecular weight is 347 g/mol. The number of carbonyl (C=O) groups excluding carboxylic acids is 1. The molecule has 8 nitrogen and oxygen atoms in total. The van der Waals surface area contributed by atoms with Gasteiger partial charge in [0.1, 0.15) is 18.2 Å². The number of nitrogens with one attached hydrogen (secondary N) is 2. The summed E-state index contributed by atoms with van der Waals surface area (Å²) in [6.45, 7) is 1.67. The number of amides is 2. The quantitative estimate of drug-likeness (QED) is 0.645. The first-order valence-corrected chi connectivity index (χ1v) is 8.81. The molecule has 2 fully saturated rings. The topological polar surface area (TPSA) is 121 Å². The Morgan fingerprint density at radius 2 is 2.00 bits per heavy atom. The Bertz CT molecular complexity index is 647. The van der Waals surface area contributed by atoms with Gasteiger partial charge in [-0.15, -0.1) is 0 Å². The van der Waals surface area contributed by atoms with E-state index in [1.54, 1.807) is 6.07 Å². The van der Waals surface area contributed by atoms with Gasteiger partial charge in [-0.3, -0.25) is 4.79 Å². The highest BCUT2D eigenvalue weighted by molar-refractivity contribution is 5.95. The number of hydrogen-bond donors (Lipinski definition) is 4. The molecule has 0 aromatic carbocycles. The van der Waals surface area contributed by atoms with E-state index in [0.29, 0.717) is 5.69 Å². The Kier molecular flexibility index (Phi) is 5.25. The van der Waals surface area contributed by atoms with Gasteiger partial charge in [0.2, 0.25) is 5.91 Å². The van der Waals surface area contributed by atoms with Crippen LogP contribution in [-0.4, -0.2) is 41.7 Å². The van der Waals surface area contributed by atoms with Gasteiger partial charge in [0.05, 0.1) is 5.69 Å². The molecule has 5 N–H and O–H groups in total. The van der Waals surface area contributed by atoms with Crippen LogP contribution >= 0.6 is 0 Å². The highest BCUT2D eigenvalue weighted by Crippen LogP contribution is 2.38. The van der Waals surface area contributed by atoms with Gasteiger partial charge in [-0.05, 0) is 36.8 Å². The lowest BCUT2D eigenvalue weighted by Crippen LogP contribution is -2.40. The van der Waals surface area contributed by atoms with Crippen molar-refractivity contribution in [3.63, 3.8) is 0 Å². The minimum absolute atomic E-state index is 0.243. The van der Waals surface area contributed by atoms with Gasteiger partial charge >= 0.3 is 6.09 Å². The first-order chi connectivity index (χ1) is 12.0. The lowest BCUT2D eigenvalue weighted by molar-refractivity contribution is -0.115. The molecule has 2 aliphatic rings. The SMILES string of the molecule is Nc1nc(N2CCCC(C3CCC3)C2)ccc1NC(=O)CNC(=O)O. The Hall–Kier alpha value is -2.51. The van der Waals surface area contributed by atoms with Gasteiger partial charge in [0.25, 0.3) is 0 Å². The summed E-state index contributed by atoms with van der Waals surface area (Å²) in [5.74, 6) is 2.20. The van der Waals surface area contributed by atoms with Crippen LogP contribution < -0.4 is 21.3 Å². The molecule has 1 aromatic heterocycles. The van der Waals surface area contributed by atoms with Crippen LogP contribution in [0.25, 0.3) is 0 Å². The lowest BCUT2D eigenvalue weighted by atomic mass is 9.73. The van der Waals surface area contributed by atoms with Gasteiger partial charge in [-0.1, -0.05) is 19.3 Å². The molecule has 2 heterocycles. The normalized spacial score (nSPS) is 20.6. The number of nitrogens with zero attached hydrogens (tertiary/aromatic N) is 2. The molecule has 25 heavy (non-hydrogen) atoms. The fraction of sp³-hybridized carbons (Fsp3) is 0.588. The van der Waals surface area contributed by atoms with Crippen molar-refractivity contribution in [3.05, 3.63) is 12.1 Å². The maximum absolute atomic E-state index is 11.7.